The van der Waals surface area contributed by atoms with Crippen LogP contribution in [-0.4, -0.2) is 49.6 Å². The fourth-order valence-corrected chi connectivity index (χ4v) is 5.74. The summed E-state index contributed by atoms with van der Waals surface area (Å²) in [6, 6.07) is 10.1. The van der Waals surface area contributed by atoms with E-state index in [0.717, 1.165) is 18.2 Å². The van der Waals surface area contributed by atoms with Gasteiger partial charge in [-0.15, -0.1) is 0 Å². The summed E-state index contributed by atoms with van der Waals surface area (Å²) in [5.74, 6) is -2.45. The molecule has 0 spiro atoms. The van der Waals surface area contributed by atoms with Gasteiger partial charge in [0.1, 0.15) is 35.2 Å². The van der Waals surface area contributed by atoms with E-state index in [2.05, 4.69) is 29.9 Å². The van der Waals surface area contributed by atoms with Crippen molar-refractivity contribution in [2.24, 2.45) is 0 Å². The Hall–Kier alpha value is -3.92. The predicted octanol–water partition coefficient (Wildman–Crippen LogP) is 6.37. The van der Waals surface area contributed by atoms with E-state index in [-0.39, 0.29) is 43.2 Å². The van der Waals surface area contributed by atoms with E-state index >= 15 is 8.78 Å². The first-order chi connectivity index (χ1) is 21.9. The summed E-state index contributed by atoms with van der Waals surface area (Å²) >= 11 is 0. The average molecular weight is 657 g/mol. The third-order valence-corrected chi connectivity index (χ3v) is 8.96. The highest BCUT2D eigenvalue weighted by molar-refractivity contribution is 6.76. The number of nitrogens with two attached hydrogens (primary N) is 1. The number of hydrogen-bond acceptors (Lipinski definition) is 8. The molecule has 2 aromatic carbocycles. The van der Waals surface area contributed by atoms with Crippen molar-refractivity contribution in [3.05, 3.63) is 77.3 Å². The Bertz CT molecular complexity index is 1670. The Morgan fingerprint density at radius 2 is 1.85 bits per heavy atom. The lowest BCUT2D eigenvalue weighted by atomic mass is 9.91. The molecular weight excluding hydrogens is 618 g/mol. The maximum atomic E-state index is 15.4. The fourth-order valence-electron chi connectivity index (χ4n) is 4.99. The lowest BCUT2D eigenvalue weighted by Crippen LogP contribution is -2.70. The van der Waals surface area contributed by atoms with Crippen molar-refractivity contribution >= 4 is 36.6 Å². The van der Waals surface area contributed by atoms with E-state index in [9.17, 15) is 10.0 Å². The quantitative estimate of drug-likeness (QED) is 0.0734. The molecule has 0 atom stereocenters. The summed E-state index contributed by atoms with van der Waals surface area (Å²) in [4.78, 5) is 16.9. The van der Waals surface area contributed by atoms with Crippen LogP contribution in [0.4, 0.5) is 25.0 Å². The molecule has 14 heteroatoms. The molecule has 1 amide bonds. The van der Waals surface area contributed by atoms with E-state index in [1.165, 1.54) is 36.5 Å². The van der Waals surface area contributed by atoms with E-state index in [4.69, 9.17) is 23.7 Å². The van der Waals surface area contributed by atoms with Crippen molar-refractivity contribution in [1.82, 2.24) is 9.55 Å². The first kappa shape index (κ1) is 33.4. The SMILES string of the molecule is CC(C)OC1(c2cn(COCC[Si](C)(C)C)c3nccc(Oc4c(F)cc(NC(=O)Oc5ccc([NH2+][O-])cc5)cc4F)c23)COC1. The molecule has 1 aliphatic heterocycles. The van der Waals surface area contributed by atoms with Crippen LogP contribution < -0.4 is 20.3 Å². The van der Waals surface area contributed by atoms with Gasteiger partial charge < -0.3 is 38.9 Å². The number of rotatable bonds is 13. The number of aromatic nitrogens is 2. The number of hydrogen-bond donors (Lipinski definition) is 2. The van der Waals surface area contributed by atoms with Gasteiger partial charge in [0.2, 0.25) is 0 Å². The second-order valence-corrected chi connectivity index (χ2v) is 18.2. The summed E-state index contributed by atoms with van der Waals surface area (Å²) in [6.07, 6.45) is 2.27. The second-order valence-electron chi connectivity index (χ2n) is 12.6. The summed E-state index contributed by atoms with van der Waals surface area (Å²) in [5.41, 5.74) is 1.27. The number of anilines is 1. The highest BCUT2D eigenvalue weighted by Gasteiger charge is 2.45. The van der Waals surface area contributed by atoms with E-state index in [1.807, 2.05) is 24.6 Å². The Kier molecular flexibility index (Phi) is 10.1. The van der Waals surface area contributed by atoms with Gasteiger partial charge in [-0.05, 0) is 38.1 Å². The maximum absolute atomic E-state index is 15.4. The van der Waals surface area contributed by atoms with Crippen molar-refractivity contribution in [3.63, 3.8) is 0 Å². The molecule has 0 bridgehead atoms. The van der Waals surface area contributed by atoms with Gasteiger partial charge in [-0.2, -0.15) is 0 Å². The zero-order valence-electron chi connectivity index (χ0n) is 26.4. The van der Waals surface area contributed by atoms with Gasteiger partial charge in [-0.3, -0.25) is 5.32 Å². The molecule has 0 unspecified atom stereocenters. The van der Waals surface area contributed by atoms with E-state index in [1.54, 1.807) is 0 Å². The first-order valence-corrected chi connectivity index (χ1v) is 18.6. The number of fused-ring (bicyclic) bond motifs is 1. The molecule has 0 radical (unpaired) electrons. The van der Waals surface area contributed by atoms with Crippen molar-refractivity contribution < 1.29 is 42.7 Å². The topological polar surface area (TPSA) is 133 Å². The Morgan fingerprint density at radius 1 is 1.15 bits per heavy atom. The minimum Gasteiger partial charge on any atom is -0.630 e. The van der Waals surface area contributed by atoms with Crippen molar-refractivity contribution in [3.8, 4) is 17.2 Å². The lowest BCUT2D eigenvalue weighted by Gasteiger charge is -2.42. The molecule has 2 aromatic heterocycles. The number of nitrogens with zero attached hydrogens (tertiary/aromatic N) is 2. The van der Waals surface area contributed by atoms with Gasteiger partial charge in [0, 0.05) is 56.9 Å². The molecule has 246 valence electrons. The third-order valence-electron chi connectivity index (χ3n) is 7.25. The predicted molar refractivity (Wildman–Crippen MR) is 170 cm³/mol. The standard InChI is InChI=1S/C32H38F2N4O7Si/c1-20(2)45-32(17-42-18-32)24-16-38(19-41-12-13-46(3,4)5)30-28(24)27(10-11-35-30)44-29-25(33)14-22(15-26(29)34)36-31(39)43-23-8-6-21(37-40)7-9-23/h6-11,14-16,20H,12-13,17-19,37H2,1-5H3,(H,36,39). The molecule has 3 N–H and O–H groups in total. The number of ether oxygens (including phenoxy) is 5. The molecule has 0 saturated carbocycles. The molecule has 3 heterocycles. The largest absolute Gasteiger partial charge is 0.630 e. The average Bonchev–Trinajstić information content (AvgIpc) is 3.34. The molecule has 5 rings (SSSR count). The minimum atomic E-state index is -1.30. The number of halogens is 2. The summed E-state index contributed by atoms with van der Waals surface area (Å²) in [5, 5.41) is 13.6. The van der Waals surface area contributed by atoms with Crippen LogP contribution in [-0.2, 0) is 26.5 Å². The van der Waals surface area contributed by atoms with Crippen LogP contribution in [0.2, 0.25) is 25.7 Å². The van der Waals surface area contributed by atoms with E-state index < -0.39 is 37.2 Å². The van der Waals surface area contributed by atoms with E-state index in [0.29, 0.717) is 34.4 Å². The van der Waals surface area contributed by atoms with Gasteiger partial charge in [0.25, 0.3) is 0 Å². The van der Waals surface area contributed by atoms with Gasteiger partial charge in [-0.1, -0.05) is 19.6 Å². The molecule has 1 aliphatic rings. The van der Waals surface area contributed by atoms with Crippen LogP contribution in [0.1, 0.15) is 19.4 Å². The van der Waals surface area contributed by atoms with Gasteiger partial charge in [0.05, 0.1) is 30.4 Å². The number of nitrogens with one attached hydrogen (secondary N) is 1. The fraction of sp³-hybridized carbons (Fsp3) is 0.375. The third kappa shape index (κ3) is 7.71. The molecule has 46 heavy (non-hydrogen) atoms. The first-order valence-electron chi connectivity index (χ1n) is 14.9. The van der Waals surface area contributed by atoms with Crippen molar-refractivity contribution in [2.45, 2.75) is 58.0 Å². The van der Waals surface area contributed by atoms with Crippen LogP contribution in [0.25, 0.3) is 11.0 Å². The van der Waals surface area contributed by atoms with Crippen molar-refractivity contribution in [1.29, 1.82) is 0 Å². The number of amides is 1. The molecule has 0 aliphatic carbocycles. The van der Waals surface area contributed by atoms with Gasteiger partial charge >= 0.3 is 6.09 Å². The number of pyridine rings is 1. The monoisotopic (exact) mass is 656 g/mol. The minimum absolute atomic E-state index is 0.131. The highest BCUT2D eigenvalue weighted by atomic mass is 28.3. The molecule has 1 saturated heterocycles. The van der Waals surface area contributed by atoms with Gasteiger partial charge in [0.15, 0.2) is 17.4 Å². The Morgan fingerprint density at radius 3 is 2.43 bits per heavy atom. The lowest BCUT2D eigenvalue weighted by molar-refractivity contribution is -0.497. The van der Waals surface area contributed by atoms with Gasteiger partial charge in [-0.25, -0.2) is 18.6 Å². The van der Waals surface area contributed by atoms with Crippen LogP contribution >= 0.6 is 0 Å². The maximum Gasteiger partial charge on any atom is 0.417 e. The molecule has 11 nitrogen and oxygen atoms in total. The number of carbonyl (C=O) groups excluding carboxylic acids is 1. The summed E-state index contributed by atoms with van der Waals surface area (Å²) in [6.45, 7) is 12.1. The molecular formula is C32H38F2N4O7Si. The normalized spacial score (nSPS) is 14.4. The zero-order valence-corrected chi connectivity index (χ0v) is 27.4. The summed E-state index contributed by atoms with van der Waals surface area (Å²) < 4.78 is 61.6. The zero-order chi connectivity index (χ0) is 33.1. The van der Waals surface area contributed by atoms with Crippen LogP contribution in [0.5, 0.6) is 17.2 Å². The molecule has 1 fully saturated rings. The number of benzene rings is 2. The second kappa shape index (κ2) is 13.8. The van der Waals surface area contributed by atoms with Crippen LogP contribution in [0, 0.1) is 16.8 Å². The number of quaternary nitrogens is 1. The Balaban J connectivity index is 1.42. The molecule has 4 aromatic rings. The number of carbonyl (C=O) groups is 1. The highest BCUT2D eigenvalue weighted by Crippen LogP contribution is 2.44. The van der Waals surface area contributed by atoms with Crippen LogP contribution in [0.3, 0.4) is 0 Å². The summed E-state index contributed by atoms with van der Waals surface area (Å²) in [7, 11) is -1.30. The van der Waals surface area contributed by atoms with Crippen molar-refractivity contribution in [2.75, 3.05) is 25.1 Å². The smallest absolute Gasteiger partial charge is 0.417 e. The van der Waals surface area contributed by atoms with Crippen LogP contribution in [0.15, 0.2) is 54.9 Å². The Labute approximate surface area is 266 Å².